The zero-order chi connectivity index (χ0) is 14.8. The number of nitrogens with zero attached hydrogens (tertiary/aromatic N) is 2. The average Bonchev–Trinajstić information content (AvgIpc) is 2.95. The van der Waals surface area contributed by atoms with E-state index >= 15 is 0 Å². The molecule has 2 rings (SSSR count). The van der Waals surface area contributed by atoms with Crippen LogP contribution in [0.25, 0.3) is 11.5 Å². The van der Waals surface area contributed by atoms with E-state index in [9.17, 15) is 13.5 Å². The van der Waals surface area contributed by atoms with Gasteiger partial charge in [0, 0.05) is 5.38 Å². The quantitative estimate of drug-likeness (QED) is 0.874. The van der Waals surface area contributed by atoms with Crippen molar-refractivity contribution in [3.05, 3.63) is 22.7 Å². The van der Waals surface area contributed by atoms with Crippen LogP contribution in [0.5, 0.6) is 0 Å². The second-order valence-corrected chi connectivity index (χ2v) is 8.15. The summed E-state index contributed by atoms with van der Waals surface area (Å²) in [6.45, 7) is 3.15. The highest BCUT2D eigenvalue weighted by molar-refractivity contribution is 7.90. The minimum absolute atomic E-state index is 0.112. The van der Waals surface area contributed by atoms with Crippen LogP contribution in [0.4, 0.5) is 0 Å². The Morgan fingerprint density at radius 2 is 2.20 bits per heavy atom. The van der Waals surface area contributed by atoms with Gasteiger partial charge in [0.05, 0.1) is 16.9 Å². The second kappa shape index (κ2) is 5.63. The number of rotatable bonds is 6. The lowest BCUT2D eigenvalue weighted by molar-refractivity contribution is 0.0772. The first-order valence-corrected chi connectivity index (χ1v) is 8.80. The smallest absolute Gasteiger partial charge is 0.258 e. The van der Waals surface area contributed by atoms with Crippen LogP contribution in [0.3, 0.4) is 0 Å². The lowest BCUT2D eigenvalue weighted by Crippen LogP contribution is -2.24. The lowest BCUT2D eigenvalue weighted by atomic mass is 10.1. The van der Waals surface area contributed by atoms with E-state index in [0.717, 1.165) is 5.56 Å². The Labute approximate surface area is 121 Å². The first-order valence-electron chi connectivity index (χ1n) is 6.03. The normalized spacial score (nSPS) is 12.8. The van der Waals surface area contributed by atoms with Crippen LogP contribution in [0.2, 0.25) is 0 Å². The minimum atomic E-state index is -3.37. The Morgan fingerprint density at radius 1 is 1.45 bits per heavy atom. The molecule has 6 nitrogen and oxygen atoms in total. The molecule has 0 aliphatic rings. The molecule has 1 N–H and O–H groups in total. The van der Waals surface area contributed by atoms with Crippen molar-refractivity contribution in [3.8, 4) is 11.5 Å². The Hall–Kier alpha value is -1.25. The summed E-state index contributed by atoms with van der Waals surface area (Å²) in [6, 6.07) is 1.82. The van der Waals surface area contributed by atoms with Crippen LogP contribution >= 0.6 is 11.3 Å². The largest absolute Gasteiger partial charge is 0.390 e. The van der Waals surface area contributed by atoms with Crippen LogP contribution in [-0.2, 0) is 15.6 Å². The number of aromatic nitrogens is 2. The highest BCUT2D eigenvalue weighted by Gasteiger charge is 2.21. The summed E-state index contributed by atoms with van der Waals surface area (Å²) in [5, 5.41) is 17.0. The van der Waals surface area contributed by atoms with E-state index < -0.39 is 15.4 Å². The van der Waals surface area contributed by atoms with Crippen molar-refractivity contribution in [2.75, 3.05) is 5.75 Å². The number of hydrogen-bond acceptors (Lipinski definition) is 7. The molecule has 0 spiro atoms. The third kappa shape index (κ3) is 4.39. The van der Waals surface area contributed by atoms with Crippen molar-refractivity contribution < 1.29 is 18.0 Å². The minimum Gasteiger partial charge on any atom is -0.390 e. The highest BCUT2D eigenvalue weighted by Crippen LogP contribution is 2.20. The maximum atomic E-state index is 11.9. The molecule has 0 atom stereocenters. The number of sulfone groups is 1. The van der Waals surface area contributed by atoms with Crippen LogP contribution < -0.4 is 0 Å². The molecular formula is C12H16N2O4S2. The molecule has 0 aliphatic carbocycles. The fourth-order valence-electron chi connectivity index (χ4n) is 1.49. The van der Waals surface area contributed by atoms with Gasteiger partial charge < -0.3 is 9.63 Å². The molecule has 2 aromatic rings. The topological polar surface area (TPSA) is 93.3 Å². The van der Waals surface area contributed by atoms with Crippen LogP contribution in [0.1, 0.15) is 26.1 Å². The van der Waals surface area contributed by atoms with Gasteiger partial charge in [0.25, 0.3) is 5.89 Å². The monoisotopic (exact) mass is 316 g/mol. The Kier molecular flexibility index (Phi) is 4.26. The summed E-state index contributed by atoms with van der Waals surface area (Å²) in [5.74, 6) is 0.0658. The average molecular weight is 316 g/mol. The Morgan fingerprint density at radius 3 is 2.80 bits per heavy atom. The number of thiophene rings is 1. The van der Waals surface area contributed by atoms with Gasteiger partial charge in [-0.3, -0.25) is 0 Å². The molecule has 0 amide bonds. The van der Waals surface area contributed by atoms with E-state index in [-0.39, 0.29) is 23.8 Å². The van der Waals surface area contributed by atoms with E-state index in [4.69, 9.17) is 4.52 Å². The number of hydrogen-bond donors (Lipinski definition) is 1. The zero-order valence-electron chi connectivity index (χ0n) is 11.2. The molecule has 110 valence electrons. The fraction of sp³-hybridized carbons (Fsp3) is 0.500. The van der Waals surface area contributed by atoms with Gasteiger partial charge >= 0.3 is 0 Å². The molecule has 8 heteroatoms. The van der Waals surface area contributed by atoms with E-state index in [1.807, 2.05) is 16.8 Å². The first kappa shape index (κ1) is 15.1. The first-order chi connectivity index (χ1) is 9.25. The third-order valence-electron chi connectivity index (χ3n) is 2.61. The highest BCUT2D eigenvalue weighted by atomic mass is 32.2. The summed E-state index contributed by atoms with van der Waals surface area (Å²) >= 11 is 1.49. The van der Waals surface area contributed by atoms with Crippen molar-refractivity contribution in [1.29, 1.82) is 0 Å². The van der Waals surface area contributed by atoms with Gasteiger partial charge in [-0.05, 0) is 31.7 Å². The maximum Gasteiger partial charge on any atom is 0.258 e. The van der Waals surface area contributed by atoms with Gasteiger partial charge in [-0.2, -0.15) is 16.3 Å². The number of aliphatic hydroxyl groups is 1. The predicted octanol–water partition coefficient (Wildman–Crippen LogP) is 1.87. The molecule has 0 saturated heterocycles. The maximum absolute atomic E-state index is 11.9. The molecule has 2 heterocycles. The Balaban J connectivity index is 2.03. The second-order valence-electron chi connectivity index (χ2n) is 5.18. The van der Waals surface area contributed by atoms with E-state index in [1.54, 1.807) is 13.8 Å². The van der Waals surface area contributed by atoms with Crippen molar-refractivity contribution in [3.63, 3.8) is 0 Å². The molecule has 0 saturated carbocycles. The molecule has 0 aromatic carbocycles. The summed E-state index contributed by atoms with van der Waals surface area (Å²) < 4.78 is 28.9. The third-order valence-corrected chi connectivity index (χ3v) is 4.82. The van der Waals surface area contributed by atoms with Crippen molar-refractivity contribution in [2.24, 2.45) is 0 Å². The molecule has 0 aliphatic heterocycles. The zero-order valence-corrected chi connectivity index (χ0v) is 12.9. The molecular weight excluding hydrogens is 300 g/mol. The molecule has 0 bridgehead atoms. The van der Waals surface area contributed by atoms with Crippen LogP contribution in [0.15, 0.2) is 21.3 Å². The van der Waals surface area contributed by atoms with Gasteiger partial charge in [-0.25, -0.2) is 8.42 Å². The van der Waals surface area contributed by atoms with Crippen molar-refractivity contribution in [1.82, 2.24) is 10.1 Å². The van der Waals surface area contributed by atoms with Gasteiger partial charge in [0.2, 0.25) is 0 Å². The molecule has 0 fully saturated rings. The molecule has 0 unspecified atom stereocenters. The molecule has 20 heavy (non-hydrogen) atoms. The van der Waals surface area contributed by atoms with Gasteiger partial charge in [-0.1, -0.05) is 5.16 Å². The van der Waals surface area contributed by atoms with E-state index in [2.05, 4.69) is 10.1 Å². The Bertz CT molecular complexity index is 654. The van der Waals surface area contributed by atoms with E-state index in [0.29, 0.717) is 5.89 Å². The van der Waals surface area contributed by atoms with E-state index in [1.165, 1.54) is 11.3 Å². The van der Waals surface area contributed by atoms with Gasteiger partial charge in [0.15, 0.2) is 15.7 Å². The van der Waals surface area contributed by atoms with Crippen LogP contribution in [-0.4, -0.2) is 35.0 Å². The summed E-state index contributed by atoms with van der Waals surface area (Å²) in [6.07, 6.45) is 0.171. The van der Waals surface area contributed by atoms with Gasteiger partial charge in [-0.15, -0.1) is 0 Å². The SMILES string of the molecule is CC(C)(O)CCS(=O)(=O)Cc1noc(-c2ccsc2)n1. The van der Waals surface area contributed by atoms with Crippen molar-refractivity contribution in [2.45, 2.75) is 31.6 Å². The van der Waals surface area contributed by atoms with Gasteiger partial charge in [0.1, 0.15) is 5.75 Å². The predicted molar refractivity (Wildman–Crippen MR) is 76.0 cm³/mol. The summed E-state index contributed by atoms with van der Waals surface area (Å²) in [5.41, 5.74) is -0.228. The van der Waals surface area contributed by atoms with Crippen molar-refractivity contribution >= 4 is 21.2 Å². The summed E-state index contributed by atoms with van der Waals surface area (Å²) in [4.78, 5) is 4.07. The molecule has 2 aromatic heterocycles. The standard InChI is InChI=1S/C12H16N2O4S2/c1-12(2,15)4-6-20(16,17)8-10-13-11(18-14-10)9-3-5-19-7-9/h3,5,7,15H,4,6,8H2,1-2H3. The summed E-state index contributed by atoms with van der Waals surface area (Å²) in [7, 11) is -3.37. The molecule has 0 radical (unpaired) electrons. The lowest BCUT2D eigenvalue weighted by Gasteiger charge is -2.16. The fourth-order valence-corrected chi connectivity index (χ4v) is 3.59. The van der Waals surface area contributed by atoms with Crippen LogP contribution in [0, 0.1) is 0 Å².